The third-order valence-electron chi connectivity index (χ3n) is 8.96. The summed E-state index contributed by atoms with van der Waals surface area (Å²) in [5, 5.41) is 30.4. The second kappa shape index (κ2) is 15.8. The number of nitrogens with one attached hydrogen (secondary N) is 4. The number of benzene rings is 6. The molecule has 0 atom stereocenters. The van der Waals surface area contributed by atoms with Crippen LogP contribution in [-0.2, 0) is 16.0 Å². The molecule has 0 saturated heterocycles. The van der Waals surface area contributed by atoms with Crippen molar-refractivity contribution >= 4 is 45.7 Å². The van der Waals surface area contributed by atoms with Gasteiger partial charge in [0.25, 0.3) is 11.8 Å². The van der Waals surface area contributed by atoms with E-state index in [9.17, 15) is 14.7 Å². The summed E-state index contributed by atoms with van der Waals surface area (Å²) in [4.78, 5) is 24.8. The molecule has 0 aromatic heterocycles. The van der Waals surface area contributed by atoms with Gasteiger partial charge in [0.2, 0.25) is 0 Å². The largest absolute Gasteiger partial charge is 0.396 e. The highest BCUT2D eigenvalue weighted by Gasteiger charge is 2.25. The van der Waals surface area contributed by atoms with Gasteiger partial charge in [0.05, 0.1) is 22.8 Å². The molecule has 6 aromatic carbocycles. The molecule has 8 nitrogen and oxygen atoms in total. The van der Waals surface area contributed by atoms with E-state index < -0.39 is 0 Å². The topological polar surface area (TPSA) is 126 Å². The van der Waals surface area contributed by atoms with E-state index in [1.165, 1.54) is 0 Å². The van der Waals surface area contributed by atoms with Crippen LogP contribution in [0.5, 0.6) is 0 Å². The lowest BCUT2D eigenvalue weighted by molar-refractivity contribution is -0.111. The lowest BCUT2D eigenvalue weighted by atomic mass is 10.0. The van der Waals surface area contributed by atoms with E-state index in [4.69, 9.17) is 5.26 Å². The fourth-order valence-corrected chi connectivity index (χ4v) is 6.28. The molecule has 0 radical (unpaired) electrons. The van der Waals surface area contributed by atoms with Crippen LogP contribution in [0.15, 0.2) is 158 Å². The van der Waals surface area contributed by atoms with Crippen molar-refractivity contribution in [1.82, 2.24) is 0 Å². The Hall–Kier alpha value is -7.21. The maximum atomic E-state index is 12.5. The lowest BCUT2D eigenvalue weighted by Crippen LogP contribution is -2.06. The van der Waals surface area contributed by atoms with E-state index in [0.29, 0.717) is 23.1 Å². The van der Waals surface area contributed by atoms with Gasteiger partial charge >= 0.3 is 0 Å². The summed E-state index contributed by atoms with van der Waals surface area (Å²) in [7, 11) is 0. The van der Waals surface area contributed by atoms with Gasteiger partial charge in [0.15, 0.2) is 0 Å². The van der Waals surface area contributed by atoms with Crippen LogP contribution < -0.4 is 21.3 Å². The highest BCUT2D eigenvalue weighted by atomic mass is 16.3. The molecule has 0 aliphatic carbocycles. The Morgan fingerprint density at radius 3 is 1.70 bits per heavy atom. The molecular weight excluding hydrogens is 659 g/mol. The zero-order chi connectivity index (χ0) is 36.6. The van der Waals surface area contributed by atoms with Crippen molar-refractivity contribution in [2.24, 2.45) is 0 Å². The molecule has 258 valence electrons. The summed E-state index contributed by atoms with van der Waals surface area (Å²) in [6.45, 7) is 0.0842. The summed E-state index contributed by atoms with van der Waals surface area (Å²) in [6.07, 6.45) is 3.98. The van der Waals surface area contributed by atoms with E-state index in [1.54, 1.807) is 30.6 Å². The SMILES string of the molecule is N#Cc1cccc(N/C=C2\C(=O)Nc3cc(-c4ccccc4)ccc32)c1.O=C1Nc2cc(-c3ccccc3)ccc2/C1=C/Nc1ccccc1CCO. The van der Waals surface area contributed by atoms with Gasteiger partial charge in [-0.25, -0.2) is 0 Å². The van der Waals surface area contributed by atoms with E-state index in [0.717, 1.165) is 61.7 Å². The van der Waals surface area contributed by atoms with Crippen LogP contribution >= 0.6 is 0 Å². The first-order valence-corrected chi connectivity index (χ1v) is 17.2. The van der Waals surface area contributed by atoms with Gasteiger partial charge in [-0.15, -0.1) is 0 Å². The Morgan fingerprint density at radius 2 is 1.13 bits per heavy atom. The van der Waals surface area contributed by atoms with Gasteiger partial charge in [-0.3, -0.25) is 9.59 Å². The Bertz CT molecular complexity index is 2410. The highest BCUT2D eigenvalue weighted by Crippen LogP contribution is 2.36. The molecule has 5 N–H and O–H groups in total. The van der Waals surface area contributed by atoms with Gasteiger partial charge in [0.1, 0.15) is 0 Å². The third kappa shape index (κ3) is 7.76. The Balaban J connectivity index is 0.000000164. The number of aliphatic hydroxyl groups excluding tert-OH is 1. The molecule has 0 unspecified atom stereocenters. The molecule has 6 aromatic rings. The number of hydrogen-bond acceptors (Lipinski definition) is 6. The van der Waals surface area contributed by atoms with Crippen LogP contribution in [0, 0.1) is 11.3 Å². The monoisotopic (exact) mass is 693 g/mol. The molecule has 0 spiro atoms. The normalized spacial score (nSPS) is 14.0. The second-order valence-electron chi connectivity index (χ2n) is 12.4. The first kappa shape index (κ1) is 34.2. The third-order valence-corrected chi connectivity index (χ3v) is 8.96. The zero-order valence-electron chi connectivity index (χ0n) is 28.6. The van der Waals surface area contributed by atoms with Crippen molar-refractivity contribution in [3.8, 4) is 28.3 Å². The quantitative estimate of drug-likeness (QED) is 0.101. The van der Waals surface area contributed by atoms with Gasteiger partial charge in [0, 0.05) is 52.9 Å². The Labute approximate surface area is 307 Å². The molecular formula is C45H35N5O3. The van der Waals surface area contributed by atoms with Crippen LogP contribution in [0.4, 0.5) is 22.7 Å². The van der Waals surface area contributed by atoms with Crippen molar-refractivity contribution < 1.29 is 14.7 Å². The summed E-state index contributed by atoms with van der Waals surface area (Å²) in [6, 6.07) is 49.1. The van der Waals surface area contributed by atoms with Crippen molar-refractivity contribution in [3.63, 3.8) is 0 Å². The van der Waals surface area contributed by atoms with Crippen LogP contribution in [0.3, 0.4) is 0 Å². The van der Waals surface area contributed by atoms with E-state index in [1.807, 2.05) is 115 Å². The molecule has 8 heteroatoms. The maximum Gasteiger partial charge on any atom is 0.257 e. The number of nitrogens with zero attached hydrogens (tertiary/aromatic N) is 1. The van der Waals surface area contributed by atoms with E-state index in [-0.39, 0.29) is 18.4 Å². The number of para-hydroxylation sites is 1. The number of nitriles is 1. The summed E-state index contributed by atoms with van der Waals surface area (Å²) in [5.41, 5.74) is 12.1. The molecule has 8 rings (SSSR count). The van der Waals surface area contributed by atoms with Gasteiger partial charge in [-0.2, -0.15) is 5.26 Å². The average molecular weight is 694 g/mol. The molecule has 2 aliphatic rings. The minimum Gasteiger partial charge on any atom is -0.396 e. The number of hydrogen-bond donors (Lipinski definition) is 5. The van der Waals surface area contributed by atoms with Gasteiger partial charge in [-0.05, 0) is 70.6 Å². The van der Waals surface area contributed by atoms with E-state index >= 15 is 0 Å². The number of aliphatic hydroxyl groups is 1. The number of carbonyl (C=O) groups is 2. The predicted molar refractivity (Wildman–Crippen MR) is 213 cm³/mol. The molecule has 2 heterocycles. The second-order valence-corrected chi connectivity index (χ2v) is 12.4. The number of fused-ring (bicyclic) bond motifs is 2. The minimum absolute atomic E-state index is 0.0842. The predicted octanol–water partition coefficient (Wildman–Crippen LogP) is 8.92. The number of anilines is 4. The summed E-state index contributed by atoms with van der Waals surface area (Å²) < 4.78 is 0. The smallest absolute Gasteiger partial charge is 0.257 e. The molecule has 0 fully saturated rings. The van der Waals surface area contributed by atoms with Gasteiger partial charge in [-0.1, -0.05) is 109 Å². The Morgan fingerprint density at radius 1 is 0.585 bits per heavy atom. The first-order valence-electron chi connectivity index (χ1n) is 17.2. The van der Waals surface area contributed by atoms with Crippen LogP contribution in [-0.4, -0.2) is 23.5 Å². The van der Waals surface area contributed by atoms with Crippen LogP contribution in [0.2, 0.25) is 0 Å². The zero-order valence-corrected chi connectivity index (χ0v) is 28.6. The first-order chi connectivity index (χ1) is 26.0. The number of rotatable bonds is 8. The van der Waals surface area contributed by atoms with E-state index in [2.05, 4.69) is 39.5 Å². The van der Waals surface area contributed by atoms with Crippen LogP contribution in [0.1, 0.15) is 22.3 Å². The summed E-state index contributed by atoms with van der Waals surface area (Å²) >= 11 is 0. The summed E-state index contributed by atoms with van der Waals surface area (Å²) in [5.74, 6) is -0.267. The van der Waals surface area contributed by atoms with Crippen molar-refractivity contribution in [1.29, 1.82) is 5.26 Å². The lowest BCUT2D eigenvalue weighted by Gasteiger charge is -2.09. The minimum atomic E-state index is -0.144. The molecule has 0 saturated carbocycles. The average Bonchev–Trinajstić information content (AvgIpc) is 3.70. The van der Waals surface area contributed by atoms with Crippen molar-refractivity contribution in [2.75, 3.05) is 27.9 Å². The standard InChI is InChI=1S/C23H20N2O2.C22H15N3O/c26-13-12-17-8-4-5-9-21(17)24-15-20-19-11-10-18(14-22(19)25-23(20)27)16-6-2-1-3-7-16;23-13-15-5-4-8-18(11-15)24-14-20-19-10-9-17(12-21(19)25-22(20)26)16-6-2-1-3-7-16/h1-11,14-15,24,26H,12-13H2,(H,25,27);1-12,14,24H,(H,25,26)/b20-15-;20-14-. The van der Waals surface area contributed by atoms with Gasteiger partial charge < -0.3 is 26.4 Å². The van der Waals surface area contributed by atoms with Crippen molar-refractivity contribution in [3.05, 3.63) is 180 Å². The fourth-order valence-electron chi connectivity index (χ4n) is 6.28. The van der Waals surface area contributed by atoms with Crippen LogP contribution in [0.25, 0.3) is 33.4 Å². The molecule has 2 aliphatic heterocycles. The maximum absolute atomic E-state index is 12.5. The molecule has 2 amide bonds. The number of carbonyl (C=O) groups excluding carboxylic acids is 2. The fraction of sp³-hybridized carbons (Fsp3) is 0.0444. The number of amides is 2. The molecule has 0 bridgehead atoms. The Kier molecular flexibility index (Phi) is 10.2. The van der Waals surface area contributed by atoms with Crippen molar-refractivity contribution in [2.45, 2.75) is 6.42 Å². The highest BCUT2D eigenvalue weighted by molar-refractivity contribution is 6.32. The molecule has 53 heavy (non-hydrogen) atoms.